The van der Waals surface area contributed by atoms with E-state index in [1.165, 1.54) is 7.11 Å². The van der Waals surface area contributed by atoms with Gasteiger partial charge in [0.15, 0.2) is 6.61 Å². The van der Waals surface area contributed by atoms with Gasteiger partial charge in [0.1, 0.15) is 5.75 Å². The highest BCUT2D eigenvalue weighted by atomic mass is 79.9. The van der Waals surface area contributed by atoms with Crippen LogP contribution in [0, 0.1) is 0 Å². The van der Waals surface area contributed by atoms with Gasteiger partial charge < -0.3 is 25.4 Å². The number of esters is 1. The predicted octanol–water partition coefficient (Wildman–Crippen LogP) is 3.27. The Morgan fingerprint density at radius 2 is 1.90 bits per heavy atom. The van der Waals surface area contributed by atoms with Gasteiger partial charge in [-0.2, -0.15) is 0 Å². The van der Waals surface area contributed by atoms with Crippen LogP contribution in [0.1, 0.15) is 18.5 Å². The maximum absolute atomic E-state index is 13.0. The van der Waals surface area contributed by atoms with Crippen molar-refractivity contribution >= 4 is 39.5 Å². The Balaban J connectivity index is 1.87. The van der Waals surface area contributed by atoms with E-state index in [1.807, 2.05) is 18.2 Å². The number of hydrogen-bond acceptors (Lipinski definition) is 5. The van der Waals surface area contributed by atoms with E-state index in [9.17, 15) is 14.4 Å². The summed E-state index contributed by atoms with van der Waals surface area (Å²) >= 11 is 3.40. The summed E-state index contributed by atoms with van der Waals surface area (Å²) in [6.07, 6.45) is 0. The van der Waals surface area contributed by atoms with Crippen molar-refractivity contribution in [2.75, 3.05) is 19.0 Å². The summed E-state index contributed by atoms with van der Waals surface area (Å²) in [6, 6.07) is 13.1. The Morgan fingerprint density at radius 1 is 1.17 bits per heavy atom. The van der Waals surface area contributed by atoms with Crippen molar-refractivity contribution in [1.29, 1.82) is 0 Å². The highest BCUT2D eigenvalue weighted by molar-refractivity contribution is 9.10. The minimum Gasteiger partial charge on any atom is -0.481 e. The fraction of sp³-hybridized carbons (Fsp3) is 0.190. The fourth-order valence-corrected chi connectivity index (χ4v) is 3.49. The van der Waals surface area contributed by atoms with E-state index in [2.05, 4.69) is 36.6 Å². The normalized spacial score (nSPS) is 15.7. The monoisotopic (exact) mass is 473 g/mol. The highest BCUT2D eigenvalue weighted by Gasteiger charge is 2.31. The van der Waals surface area contributed by atoms with Gasteiger partial charge in [0.2, 0.25) is 0 Å². The number of nitrogens with one attached hydrogen (secondary N) is 3. The van der Waals surface area contributed by atoms with Gasteiger partial charge in [0.25, 0.3) is 5.91 Å². The lowest BCUT2D eigenvalue weighted by molar-refractivity contribution is -0.142. The second-order valence-corrected chi connectivity index (χ2v) is 7.30. The SMILES string of the molecule is COC(=O)COc1ccc([C@H]2NC(=O)NC(C)=C2C(=O)Nc2ccccc2)cc1Br. The number of carbonyl (C=O) groups is 3. The number of methoxy groups -OCH3 is 1. The molecule has 1 aliphatic heterocycles. The van der Waals surface area contributed by atoms with E-state index in [0.717, 1.165) is 0 Å². The van der Waals surface area contributed by atoms with Crippen molar-refractivity contribution in [3.8, 4) is 5.75 Å². The van der Waals surface area contributed by atoms with E-state index >= 15 is 0 Å². The van der Waals surface area contributed by atoms with Gasteiger partial charge in [-0.25, -0.2) is 9.59 Å². The second kappa shape index (κ2) is 9.45. The Morgan fingerprint density at radius 3 is 2.57 bits per heavy atom. The lowest BCUT2D eigenvalue weighted by Gasteiger charge is -2.29. The molecule has 0 fully saturated rings. The molecule has 0 spiro atoms. The van der Waals surface area contributed by atoms with Crippen LogP contribution in [0.25, 0.3) is 0 Å². The first-order valence-electron chi connectivity index (χ1n) is 9.02. The van der Waals surface area contributed by atoms with Crippen LogP contribution in [0.15, 0.2) is 64.3 Å². The van der Waals surface area contributed by atoms with Crippen LogP contribution in [0.2, 0.25) is 0 Å². The molecule has 3 amide bonds. The van der Waals surface area contributed by atoms with Crippen molar-refractivity contribution in [1.82, 2.24) is 10.6 Å². The molecule has 1 atom stereocenters. The molecule has 3 rings (SSSR count). The zero-order chi connectivity index (χ0) is 21.7. The standard InChI is InChI=1S/C21H20BrN3O5/c1-12-18(20(27)24-14-6-4-3-5-7-14)19(25-21(28)23-12)13-8-9-16(15(22)10-13)30-11-17(26)29-2/h3-10,19H,11H2,1-2H3,(H,24,27)(H2,23,25,28)/t19-/m1/s1. The number of benzene rings is 2. The summed E-state index contributed by atoms with van der Waals surface area (Å²) in [6.45, 7) is 1.44. The minimum absolute atomic E-state index is 0.234. The largest absolute Gasteiger partial charge is 0.481 e. The molecule has 2 aromatic carbocycles. The topological polar surface area (TPSA) is 106 Å². The molecular formula is C21H20BrN3O5. The average Bonchev–Trinajstić information content (AvgIpc) is 2.72. The number of para-hydroxylation sites is 1. The molecule has 9 heteroatoms. The smallest absolute Gasteiger partial charge is 0.343 e. The van der Waals surface area contributed by atoms with Gasteiger partial charge in [-0.3, -0.25) is 4.79 Å². The number of amides is 3. The molecule has 3 N–H and O–H groups in total. The van der Waals surface area contributed by atoms with E-state index in [4.69, 9.17) is 4.74 Å². The predicted molar refractivity (Wildman–Crippen MR) is 114 cm³/mol. The van der Waals surface area contributed by atoms with Crippen molar-refractivity contribution in [2.24, 2.45) is 0 Å². The third-order valence-electron chi connectivity index (χ3n) is 4.41. The minimum atomic E-state index is -0.673. The summed E-state index contributed by atoms with van der Waals surface area (Å²) in [7, 11) is 1.28. The average molecular weight is 474 g/mol. The summed E-state index contributed by atoms with van der Waals surface area (Å²) < 4.78 is 10.5. The van der Waals surface area contributed by atoms with Crippen LogP contribution in [-0.4, -0.2) is 31.6 Å². The molecular weight excluding hydrogens is 454 g/mol. The van der Waals surface area contributed by atoms with Crippen LogP contribution in [0.3, 0.4) is 0 Å². The molecule has 8 nitrogen and oxygen atoms in total. The van der Waals surface area contributed by atoms with Gasteiger partial charge >= 0.3 is 12.0 Å². The Labute approximate surface area is 181 Å². The number of carbonyl (C=O) groups excluding carboxylic acids is 3. The van der Waals surface area contributed by atoms with Crippen molar-refractivity contribution < 1.29 is 23.9 Å². The number of hydrogen-bond donors (Lipinski definition) is 3. The van der Waals surface area contributed by atoms with E-state index in [1.54, 1.807) is 37.3 Å². The number of ether oxygens (including phenoxy) is 2. The molecule has 0 saturated heterocycles. The van der Waals surface area contributed by atoms with E-state index in [0.29, 0.717) is 32.7 Å². The van der Waals surface area contributed by atoms with Gasteiger partial charge in [0, 0.05) is 11.4 Å². The summed E-state index contributed by atoms with van der Waals surface area (Å²) in [5, 5.41) is 8.27. The fourth-order valence-electron chi connectivity index (χ4n) is 2.97. The van der Waals surface area contributed by atoms with Gasteiger partial charge in [-0.05, 0) is 52.7 Å². The number of halogens is 1. The van der Waals surface area contributed by atoms with E-state index in [-0.39, 0.29) is 12.5 Å². The molecule has 2 aromatic rings. The molecule has 0 radical (unpaired) electrons. The van der Waals surface area contributed by atoms with Gasteiger partial charge in [-0.15, -0.1) is 0 Å². The van der Waals surface area contributed by atoms with Crippen molar-refractivity contribution in [2.45, 2.75) is 13.0 Å². The summed E-state index contributed by atoms with van der Waals surface area (Å²) in [5.74, 6) is -0.409. The molecule has 0 aromatic heterocycles. The van der Waals surface area contributed by atoms with Gasteiger partial charge in [0.05, 0.1) is 23.2 Å². The number of anilines is 1. The van der Waals surface area contributed by atoms with Crippen LogP contribution in [-0.2, 0) is 14.3 Å². The number of urea groups is 1. The van der Waals surface area contributed by atoms with Crippen LogP contribution >= 0.6 is 15.9 Å². The van der Waals surface area contributed by atoms with Crippen LogP contribution in [0.4, 0.5) is 10.5 Å². The number of rotatable bonds is 6. The van der Waals surface area contributed by atoms with Crippen LogP contribution < -0.4 is 20.7 Å². The molecule has 0 saturated carbocycles. The molecule has 0 unspecified atom stereocenters. The number of allylic oxidation sites excluding steroid dienone is 1. The lowest BCUT2D eigenvalue weighted by atomic mass is 9.94. The maximum atomic E-state index is 13.0. The summed E-state index contributed by atoms with van der Waals surface area (Å²) in [5.41, 5.74) is 2.15. The van der Waals surface area contributed by atoms with Crippen molar-refractivity contribution in [3.63, 3.8) is 0 Å². The Hall–Kier alpha value is -3.33. The lowest BCUT2D eigenvalue weighted by Crippen LogP contribution is -2.46. The van der Waals surface area contributed by atoms with E-state index < -0.39 is 18.0 Å². The van der Waals surface area contributed by atoms with Crippen molar-refractivity contribution in [3.05, 3.63) is 69.8 Å². The summed E-state index contributed by atoms with van der Waals surface area (Å²) in [4.78, 5) is 36.3. The first kappa shape index (κ1) is 21.4. The maximum Gasteiger partial charge on any atom is 0.343 e. The second-order valence-electron chi connectivity index (χ2n) is 6.44. The zero-order valence-electron chi connectivity index (χ0n) is 16.3. The Kier molecular flexibility index (Phi) is 6.73. The molecule has 1 heterocycles. The third-order valence-corrected chi connectivity index (χ3v) is 5.03. The molecule has 0 aliphatic carbocycles. The Bertz CT molecular complexity index is 1010. The van der Waals surface area contributed by atoms with Crippen LogP contribution in [0.5, 0.6) is 5.75 Å². The zero-order valence-corrected chi connectivity index (χ0v) is 17.9. The highest BCUT2D eigenvalue weighted by Crippen LogP contribution is 2.33. The molecule has 0 bridgehead atoms. The first-order chi connectivity index (χ1) is 14.4. The molecule has 30 heavy (non-hydrogen) atoms. The third kappa shape index (κ3) is 4.98. The molecule has 156 valence electrons. The van der Waals surface area contributed by atoms with Gasteiger partial charge in [-0.1, -0.05) is 24.3 Å². The first-order valence-corrected chi connectivity index (χ1v) is 9.82. The quantitative estimate of drug-likeness (QED) is 0.558. The molecule has 1 aliphatic rings.